The van der Waals surface area contributed by atoms with E-state index in [1.807, 2.05) is 13.8 Å². The monoisotopic (exact) mass is 386 g/mol. The summed E-state index contributed by atoms with van der Waals surface area (Å²) in [6.07, 6.45) is 3.09. The molecule has 27 heavy (non-hydrogen) atoms. The predicted octanol–water partition coefficient (Wildman–Crippen LogP) is 3.69. The summed E-state index contributed by atoms with van der Waals surface area (Å²) in [6.45, 7) is 6.22. The van der Waals surface area contributed by atoms with Crippen molar-refractivity contribution in [2.24, 2.45) is 0 Å². The molecule has 0 radical (unpaired) electrons. The number of nitrogens with zero attached hydrogens (tertiary/aromatic N) is 3. The number of anilines is 2. The van der Waals surface area contributed by atoms with Gasteiger partial charge in [-0.25, -0.2) is 14.8 Å². The van der Waals surface area contributed by atoms with E-state index in [4.69, 9.17) is 16.3 Å². The van der Waals surface area contributed by atoms with Gasteiger partial charge in [0.2, 0.25) is 5.43 Å². The topological polar surface area (TPSA) is 86.1 Å². The number of hydrogen-bond donors (Lipinski definition) is 1. The second kappa shape index (κ2) is 7.75. The molecule has 0 atom stereocenters. The van der Waals surface area contributed by atoms with Gasteiger partial charge in [0.1, 0.15) is 16.4 Å². The van der Waals surface area contributed by atoms with Crippen LogP contribution in [0.3, 0.4) is 0 Å². The largest absolute Gasteiger partial charge is 0.462 e. The molecule has 3 rings (SSSR count). The molecule has 3 aromatic rings. The van der Waals surface area contributed by atoms with Crippen molar-refractivity contribution in [1.82, 2.24) is 14.5 Å². The SMILES string of the molecule is CCOC(=O)c1cn(CC)c2nc(C)c(Nc3ccc(Cl)nc3)cc2c1=O. The number of esters is 1. The number of aryl methyl sites for hydroxylation is 2. The maximum atomic E-state index is 12.9. The first-order valence-corrected chi connectivity index (χ1v) is 8.92. The third-order valence-electron chi connectivity index (χ3n) is 4.08. The molecule has 7 nitrogen and oxygen atoms in total. The number of ether oxygens (including phenoxy) is 1. The molecule has 0 aliphatic heterocycles. The molecule has 1 N–H and O–H groups in total. The van der Waals surface area contributed by atoms with E-state index < -0.39 is 11.4 Å². The maximum absolute atomic E-state index is 12.9. The molecule has 0 spiro atoms. The number of halogens is 1. The van der Waals surface area contributed by atoms with E-state index >= 15 is 0 Å². The zero-order valence-electron chi connectivity index (χ0n) is 15.2. The first-order valence-electron chi connectivity index (χ1n) is 8.55. The normalized spacial score (nSPS) is 10.8. The van der Waals surface area contributed by atoms with Crippen LogP contribution in [0.4, 0.5) is 11.4 Å². The van der Waals surface area contributed by atoms with Crippen LogP contribution < -0.4 is 10.7 Å². The van der Waals surface area contributed by atoms with Crippen molar-refractivity contribution in [2.75, 3.05) is 11.9 Å². The summed E-state index contributed by atoms with van der Waals surface area (Å²) in [5.41, 5.74) is 2.18. The highest BCUT2D eigenvalue weighted by atomic mass is 35.5. The Morgan fingerprint density at radius 2 is 2.11 bits per heavy atom. The van der Waals surface area contributed by atoms with E-state index in [1.165, 1.54) is 6.20 Å². The average Bonchev–Trinajstić information content (AvgIpc) is 2.65. The molecular formula is C19H19ClN4O3. The number of hydrogen-bond acceptors (Lipinski definition) is 6. The summed E-state index contributed by atoms with van der Waals surface area (Å²) in [7, 11) is 0. The minimum absolute atomic E-state index is 0.00374. The Kier molecular flexibility index (Phi) is 5.41. The molecule has 140 valence electrons. The van der Waals surface area contributed by atoms with Crippen LogP contribution in [0.15, 0.2) is 35.4 Å². The smallest absolute Gasteiger partial charge is 0.343 e. The molecular weight excluding hydrogens is 368 g/mol. The summed E-state index contributed by atoms with van der Waals surface area (Å²) in [4.78, 5) is 33.6. The fraction of sp³-hybridized carbons (Fsp3) is 0.263. The van der Waals surface area contributed by atoms with Gasteiger partial charge in [0, 0.05) is 12.7 Å². The Bertz CT molecular complexity index is 1060. The first-order chi connectivity index (χ1) is 12.9. The number of rotatable bonds is 5. The summed E-state index contributed by atoms with van der Waals surface area (Å²) in [5.74, 6) is -0.636. The number of aromatic nitrogens is 3. The van der Waals surface area contributed by atoms with Gasteiger partial charge in [0.25, 0.3) is 0 Å². The Morgan fingerprint density at radius 3 is 2.74 bits per heavy atom. The van der Waals surface area contributed by atoms with Gasteiger partial charge < -0.3 is 14.6 Å². The van der Waals surface area contributed by atoms with Crippen molar-refractivity contribution in [2.45, 2.75) is 27.3 Å². The highest BCUT2D eigenvalue weighted by molar-refractivity contribution is 6.29. The van der Waals surface area contributed by atoms with Gasteiger partial charge >= 0.3 is 5.97 Å². The Balaban J connectivity index is 2.16. The fourth-order valence-electron chi connectivity index (χ4n) is 2.73. The number of nitrogens with one attached hydrogen (secondary N) is 1. The van der Waals surface area contributed by atoms with Crippen LogP contribution >= 0.6 is 11.6 Å². The van der Waals surface area contributed by atoms with E-state index in [1.54, 1.807) is 35.9 Å². The minimum Gasteiger partial charge on any atom is -0.462 e. The van der Waals surface area contributed by atoms with Crippen molar-refractivity contribution >= 4 is 40.0 Å². The van der Waals surface area contributed by atoms with Crippen LogP contribution in [0.25, 0.3) is 11.0 Å². The zero-order valence-corrected chi connectivity index (χ0v) is 16.0. The van der Waals surface area contributed by atoms with Gasteiger partial charge in [-0.05, 0) is 39.0 Å². The van der Waals surface area contributed by atoms with Gasteiger partial charge in [0.15, 0.2) is 0 Å². The number of fused-ring (bicyclic) bond motifs is 1. The van der Waals surface area contributed by atoms with Crippen LogP contribution in [0.1, 0.15) is 29.9 Å². The van der Waals surface area contributed by atoms with E-state index in [2.05, 4.69) is 15.3 Å². The lowest BCUT2D eigenvalue weighted by Gasteiger charge is -2.14. The lowest BCUT2D eigenvalue weighted by atomic mass is 10.1. The Labute approximate surface area is 161 Å². The van der Waals surface area contributed by atoms with Crippen LogP contribution in [0, 0.1) is 6.92 Å². The standard InChI is InChI=1S/C19H19ClN4O3/c1-4-24-10-14(19(26)27-5-2)17(25)13-8-15(11(3)22-18(13)24)23-12-6-7-16(20)21-9-12/h6-10,23H,4-5H2,1-3H3. The molecule has 0 bridgehead atoms. The average molecular weight is 387 g/mol. The molecule has 0 unspecified atom stereocenters. The molecule has 0 amide bonds. The number of carbonyl (C=O) groups is 1. The van der Waals surface area contributed by atoms with E-state index in [0.717, 1.165) is 0 Å². The van der Waals surface area contributed by atoms with Crippen LogP contribution in [0.5, 0.6) is 0 Å². The second-order valence-electron chi connectivity index (χ2n) is 5.87. The van der Waals surface area contributed by atoms with Crippen molar-refractivity contribution in [3.8, 4) is 0 Å². The summed E-state index contributed by atoms with van der Waals surface area (Å²) in [6, 6.07) is 5.14. The number of pyridine rings is 3. The predicted molar refractivity (Wildman–Crippen MR) is 105 cm³/mol. The number of carbonyl (C=O) groups excluding carboxylic acids is 1. The highest BCUT2D eigenvalue weighted by Gasteiger charge is 2.18. The van der Waals surface area contributed by atoms with Gasteiger partial charge in [-0.2, -0.15) is 0 Å². The van der Waals surface area contributed by atoms with Crippen LogP contribution in [0.2, 0.25) is 5.15 Å². The molecule has 3 heterocycles. The molecule has 0 aromatic carbocycles. The summed E-state index contributed by atoms with van der Waals surface area (Å²) < 4.78 is 6.78. The van der Waals surface area contributed by atoms with Gasteiger partial charge in [-0.15, -0.1) is 0 Å². The van der Waals surface area contributed by atoms with E-state index in [9.17, 15) is 9.59 Å². The van der Waals surface area contributed by atoms with Gasteiger partial charge in [0.05, 0.1) is 35.3 Å². The lowest BCUT2D eigenvalue weighted by molar-refractivity contribution is 0.0524. The third kappa shape index (κ3) is 3.78. The van der Waals surface area contributed by atoms with E-state index in [0.29, 0.717) is 39.8 Å². The minimum atomic E-state index is -0.636. The molecule has 0 saturated heterocycles. The Hall–Kier alpha value is -2.93. The third-order valence-corrected chi connectivity index (χ3v) is 4.31. The zero-order chi connectivity index (χ0) is 19.6. The quantitative estimate of drug-likeness (QED) is 0.531. The summed E-state index contributed by atoms with van der Waals surface area (Å²) in [5, 5.41) is 3.91. The van der Waals surface area contributed by atoms with Crippen molar-refractivity contribution in [1.29, 1.82) is 0 Å². The van der Waals surface area contributed by atoms with Crippen LogP contribution in [-0.2, 0) is 11.3 Å². The van der Waals surface area contributed by atoms with Crippen LogP contribution in [-0.4, -0.2) is 27.1 Å². The molecule has 0 fully saturated rings. The maximum Gasteiger partial charge on any atom is 0.343 e. The van der Waals surface area contributed by atoms with Crippen molar-refractivity contribution in [3.05, 3.63) is 57.2 Å². The Morgan fingerprint density at radius 1 is 1.33 bits per heavy atom. The van der Waals surface area contributed by atoms with Crippen molar-refractivity contribution < 1.29 is 9.53 Å². The molecule has 0 saturated carbocycles. The lowest BCUT2D eigenvalue weighted by Crippen LogP contribution is -2.21. The molecule has 3 aromatic heterocycles. The highest BCUT2D eigenvalue weighted by Crippen LogP contribution is 2.23. The molecule has 8 heteroatoms. The first kappa shape index (κ1) is 18.8. The molecule has 0 aliphatic carbocycles. The van der Waals surface area contributed by atoms with Crippen molar-refractivity contribution in [3.63, 3.8) is 0 Å². The van der Waals surface area contributed by atoms with Gasteiger partial charge in [-0.1, -0.05) is 11.6 Å². The second-order valence-corrected chi connectivity index (χ2v) is 6.25. The fourth-order valence-corrected chi connectivity index (χ4v) is 2.84. The van der Waals surface area contributed by atoms with E-state index in [-0.39, 0.29) is 12.2 Å². The summed E-state index contributed by atoms with van der Waals surface area (Å²) >= 11 is 5.81. The molecule has 0 aliphatic rings. The van der Waals surface area contributed by atoms with Gasteiger partial charge in [-0.3, -0.25) is 4.79 Å².